The zero-order valence-corrected chi connectivity index (χ0v) is 29.4. The first kappa shape index (κ1) is 36.6. The molecule has 11 heteroatoms. The summed E-state index contributed by atoms with van der Waals surface area (Å²) in [4.78, 5) is 22.2. The molecule has 1 N–H and O–H groups in total. The van der Waals surface area contributed by atoms with E-state index in [-0.39, 0.29) is 11.2 Å². The number of halogens is 4. The van der Waals surface area contributed by atoms with E-state index in [2.05, 4.69) is 46.6 Å². The molecule has 1 atom stereocenters. The number of rotatable bonds is 10. The standard InChI is InChI=1S/C38H47F4N3O4/c1-23-30(32(45-17-14-37(6,7)15-18-45)31(24(2)43-23)33(34(46)47)49-36(3,4)5)27-11-12-28-22-44(16-13-26(28)20-27)21-25-9-8-10-29(19-25)48-38(41,42)35(39)40/h8-12,19-20,33,35H,13-18,21-22H2,1-7H3,(H,46,47). The van der Waals surface area contributed by atoms with E-state index in [0.29, 0.717) is 36.5 Å². The van der Waals surface area contributed by atoms with E-state index in [9.17, 15) is 27.5 Å². The van der Waals surface area contributed by atoms with Crippen LogP contribution >= 0.6 is 0 Å². The monoisotopic (exact) mass is 685 g/mol. The van der Waals surface area contributed by atoms with Crippen LogP contribution in [0.15, 0.2) is 42.5 Å². The molecule has 5 rings (SSSR count). The van der Waals surface area contributed by atoms with Gasteiger partial charge in [-0.1, -0.05) is 44.2 Å². The van der Waals surface area contributed by atoms with Gasteiger partial charge in [0.15, 0.2) is 6.10 Å². The number of aromatic nitrogens is 1. The third-order valence-corrected chi connectivity index (χ3v) is 9.37. The molecule has 0 bridgehead atoms. The molecule has 49 heavy (non-hydrogen) atoms. The SMILES string of the molecule is Cc1nc(C)c(C(OC(C)(C)C)C(=O)O)c(N2CCC(C)(C)CC2)c1-c1ccc2c(c1)CCN(Cc1cccc(OC(F)(F)C(F)F)c1)C2. The number of carbonyl (C=O) groups is 1. The van der Waals surface area contributed by atoms with Crippen LogP contribution in [0.25, 0.3) is 11.1 Å². The van der Waals surface area contributed by atoms with Gasteiger partial charge in [-0.25, -0.2) is 4.79 Å². The molecule has 0 saturated carbocycles. The zero-order chi connectivity index (χ0) is 35.9. The minimum absolute atomic E-state index is 0.186. The second-order valence-corrected chi connectivity index (χ2v) is 15.1. The van der Waals surface area contributed by atoms with E-state index in [1.807, 2.05) is 34.6 Å². The molecule has 3 aromatic rings. The molecule has 3 heterocycles. The fourth-order valence-corrected chi connectivity index (χ4v) is 6.82. The topological polar surface area (TPSA) is 75.1 Å². The molecular weight excluding hydrogens is 638 g/mol. The number of hydrogen-bond donors (Lipinski definition) is 1. The Morgan fingerprint density at radius 2 is 1.69 bits per heavy atom. The van der Waals surface area contributed by atoms with Gasteiger partial charge in [-0.3, -0.25) is 9.88 Å². The van der Waals surface area contributed by atoms with Crippen LogP contribution in [0.5, 0.6) is 5.75 Å². The second-order valence-electron chi connectivity index (χ2n) is 15.1. The fourth-order valence-electron chi connectivity index (χ4n) is 6.82. The molecule has 1 unspecified atom stereocenters. The summed E-state index contributed by atoms with van der Waals surface area (Å²) in [6.45, 7) is 17.2. The number of fused-ring (bicyclic) bond motifs is 1. The normalized spacial score (nSPS) is 17.6. The maximum Gasteiger partial charge on any atom is 0.461 e. The molecule has 0 spiro atoms. The maximum atomic E-state index is 13.5. The number of ether oxygens (including phenoxy) is 2. The number of aryl methyl sites for hydroxylation is 2. The Hall–Kier alpha value is -3.70. The molecule has 1 aromatic heterocycles. The summed E-state index contributed by atoms with van der Waals surface area (Å²) in [6.07, 6.45) is -7.03. The van der Waals surface area contributed by atoms with Gasteiger partial charge in [-0.15, -0.1) is 0 Å². The summed E-state index contributed by atoms with van der Waals surface area (Å²) in [6, 6.07) is 12.2. The number of anilines is 1. The highest BCUT2D eigenvalue weighted by atomic mass is 19.3. The van der Waals surface area contributed by atoms with Gasteiger partial charge in [0.1, 0.15) is 5.75 Å². The Bertz CT molecular complexity index is 1680. The number of benzene rings is 2. The summed E-state index contributed by atoms with van der Waals surface area (Å²) < 4.78 is 62.8. The quantitative estimate of drug-likeness (QED) is 0.214. The van der Waals surface area contributed by atoms with Crippen molar-refractivity contribution in [2.75, 3.05) is 24.5 Å². The number of piperidine rings is 1. The van der Waals surface area contributed by atoms with Crippen LogP contribution in [0.1, 0.15) is 87.2 Å². The minimum Gasteiger partial charge on any atom is -0.479 e. The number of hydrogen-bond acceptors (Lipinski definition) is 6. The molecule has 1 fully saturated rings. The smallest absolute Gasteiger partial charge is 0.461 e. The number of aliphatic carboxylic acids is 1. The van der Waals surface area contributed by atoms with Gasteiger partial charge >= 0.3 is 18.5 Å². The van der Waals surface area contributed by atoms with E-state index in [4.69, 9.17) is 9.72 Å². The Morgan fingerprint density at radius 1 is 1.00 bits per heavy atom. The Morgan fingerprint density at radius 3 is 2.33 bits per heavy atom. The lowest BCUT2D eigenvalue weighted by molar-refractivity contribution is -0.253. The van der Waals surface area contributed by atoms with Crippen LogP contribution in [0, 0.1) is 19.3 Å². The first-order valence-corrected chi connectivity index (χ1v) is 16.8. The van der Waals surface area contributed by atoms with Crippen molar-refractivity contribution in [2.24, 2.45) is 5.41 Å². The predicted molar refractivity (Wildman–Crippen MR) is 181 cm³/mol. The summed E-state index contributed by atoms with van der Waals surface area (Å²) in [5, 5.41) is 10.5. The Labute approximate surface area is 286 Å². The second kappa shape index (κ2) is 13.9. The number of carboxylic acid groups (broad SMARTS) is 1. The van der Waals surface area contributed by atoms with Crippen LogP contribution < -0.4 is 9.64 Å². The Balaban J connectivity index is 1.48. The van der Waals surface area contributed by atoms with Crippen molar-refractivity contribution in [1.29, 1.82) is 0 Å². The van der Waals surface area contributed by atoms with Crippen molar-refractivity contribution in [3.8, 4) is 16.9 Å². The van der Waals surface area contributed by atoms with Crippen LogP contribution in [0.4, 0.5) is 23.2 Å². The van der Waals surface area contributed by atoms with Crippen molar-refractivity contribution in [3.63, 3.8) is 0 Å². The van der Waals surface area contributed by atoms with E-state index in [1.165, 1.54) is 18.2 Å². The van der Waals surface area contributed by atoms with Crippen LogP contribution in [0.2, 0.25) is 0 Å². The fraction of sp³-hybridized carbons (Fsp3) is 0.526. The Kier molecular flexibility index (Phi) is 10.4. The van der Waals surface area contributed by atoms with Crippen LogP contribution in [-0.2, 0) is 29.0 Å². The molecule has 1 saturated heterocycles. The number of carboxylic acids is 1. The van der Waals surface area contributed by atoms with Crippen LogP contribution in [0.3, 0.4) is 0 Å². The maximum absolute atomic E-state index is 13.5. The summed E-state index contributed by atoms with van der Waals surface area (Å²) in [5.41, 5.74) is 7.22. The number of alkyl halides is 4. The molecular formula is C38H47F4N3O4. The lowest BCUT2D eigenvalue weighted by Crippen LogP contribution is -2.39. The predicted octanol–water partition coefficient (Wildman–Crippen LogP) is 8.73. The first-order valence-electron chi connectivity index (χ1n) is 16.8. The first-order chi connectivity index (χ1) is 22.8. The lowest BCUT2D eigenvalue weighted by atomic mass is 9.81. The highest BCUT2D eigenvalue weighted by Gasteiger charge is 2.44. The van der Waals surface area contributed by atoms with Gasteiger partial charge in [-0.05, 0) is 93.7 Å². The molecule has 7 nitrogen and oxygen atoms in total. The molecule has 2 aromatic carbocycles. The number of pyridine rings is 1. The molecule has 0 aliphatic carbocycles. The van der Waals surface area contributed by atoms with Gasteiger partial charge in [0.05, 0.1) is 11.3 Å². The summed E-state index contributed by atoms with van der Waals surface area (Å²) in [5.74, 6) is -1.36. The van der Waals surface area contributed by atoms with E-state index >= 15 is 0 Å². The van der Waals surface area contributed by atoms with Gasteiger partial charge in [0, 0.05) is 55.2 Å². The highest BCUT2D eigenvalue weighted by Crippen LogP contribution is 2.45. The van der Waals surface area contributed by atoms with Gasteiger partial charge < -0.3 is 19.5 Å². The van der Waals surface area contributed by atoms with E-state index < -0.39 is 30.2 Å². The molecule has 2 aliphatic rings. The minimum atomic E-state index is -4.56. The van der Waals surface area contributed by atoms with Gasteiger partial charge in [0.2, 0.25) is 0 Å². The van der Waals surface area contributed by atoms with Crippen molar-refractivity contribution in [3.05, 3.63) is 76.1 Å². The summed E-state index contributed by atoms with van der Waals surface area (Å²) >= 11 is 0. The zero-order valence-electron chi connectivity index (χ0n) is 29.4. The van der Waals surface area contributed by atoms with Crippen LogP contribution in [-0.4, -0.2) is 58.7 Å². The van der Waals surface area contributed by atoms with Gasteiger partial charge in [-0.2, -0.15) is 17.6 Å². The summed E-state index contributed by atoms with van der Waals surface area (Å²) in [7, 11) is 0. The largest absolute Gasteiger partial charge is 0.479 e. The average molecular weight is 686 g/mol. The van der Waals surface area contributed by atoms with E-state index in [0.717, 1.165) is 66.0 Å². The molecule has 0 amide bonds. The van der Waals surface area contributed by atoms with Crippen molar-refractivity contribution < 1.29 is 36.9 Å². The lowest BCUT2D eigenvalue weighted by Gasteiger charge is -2.41. The highest BCUT2D eigenvalue weighted by molar-refractivity contribution is 5.88. The van der Waals surface area contributed by atoms with Crippen molar-refractivity contribution in [2.45, 2.75) is 105 Å². The van der Waals surface area contributed by atoms with Gasteiger partial charge in [0.25, 0.3) is 0 Å². The molecule has 266 valence electrons. The van der Waals surface area contributed by atoms with Crippen molar-refractivity contribution in [1.82, 2.24) is 9.88 Å². The average Bonchev–Trinajstić information content (AvgIpc) is 2.99. The van der Waals surface area contributed by atoms with E-state index in [1.54, 1.807) is 6.07 Å². The number of nitrogens with zero attached hydrogens (tertiary/aromatic N) is 3. The third kappa shape index (κ3) is 8.55. The van der Waals surface area contributed by atoms with Crippen molar-refractivity contribution >= 4 is 11.7 Å². The molecule has 0 radical (unpaired) electrons. The molecule has 2 aliphatic heterocycles. The third-order valence-electron chi connectivity index (χ3n) is 9.37.